The van der Waals surface area contributed by atoms with Gasteiger partial charge in [-0.3, -0.25) is 0 Å². The molecule has 10 rings (SSSR count). The van der Waals surface area contributed by atoms with Gasteiger partial charge in [0, 0.05) is 33.4 Å². The van der Waals surface area contributed by atoms with E-state index < -0.39 is 0 Å². The molecule has 0 aliphatic carbocycles. The van der Waals surface area contributed by atoms with Crippen molar-refractivity contribution in [3.05, 3.63) is 212 Å². The van der Waals surface area contributed by atoms with Gasteiger partial charge in [-0.1, -0.05) is 164 Å². The standard InChI is InChI=1S/C52H35NO/c1-3-11-36(12-4-1)39-23-29-44(30-24-39)53(45-31-25-40(26-32-45)37-13-5-2-6-14-37)46-33-27-41(28-34-46)38-19-21-42(22-20-38)51-47-16-8-7-15-43(47)35-49-48-17-9-10-18-50(48)54-52(49)51/h1-35H. The van der Waals surface area contributed by atoms with E-state index in [0.717, 1.165) is 61.3 Å². The van der Waals surface area contributed by atoms with Crippen molar-refractivity contribution in [1.82, 2.24) is 0 Å². The molecule has 0 fully saturated rings. The molecule has 0 saturated carbocycles. The van der Waals surface area contributed by atoms with Gasteiger partial charge >= 0.3 is 0 Å². The maximum Gasteiger partial charge on any atom is 0.143 e. The van der Waals surface area contributed by atoms with Crippen molar-refractivity contribution in [1.29, 1.82) is 0 Å². The Kier molecular flexibility index (Phi) is 7.85. The van der Waals surface area contributed by atoms with Gasteiger partial charge < -0.3 is 9.32 Å². The van der Waals surface area contributed by atoms with Gasteiger partial charge in [-0.25, -0.2) is 0 Å². The normalized spacial score (nSPS) is 11.3. The molecule has 2 nitrogen and oxygen atoms in total. The van der Waals surface area contributed by atoms with Crippen molar-refractivity contribution in [2.45, 2.75) is 0 Å². The quantitative estimate of drug-likeness (QED) is 0.166. The van der Waals surface area contributed by atoms with Crippen LogP contribution in [-0.4, -0.2) is 0 Å². The first-order valence-electron chi connectivity index (χ1n) is 18.4. The summed E-state index contributed by atoms with van der Waals surface area (Å²) in [7, 11) is 0. The van der Waals surface area contributed by atoms with Gasteiger partial charge in [-0.05, 0) is 98.2 Å². The zero-order valence-electron chi connectivity index (χ0n) is 29.6. The van der Waals surface area contributed by atoms with E-state index in [1.54, 1.807) is 0 Å². The Labute approximate surface area is 314 Å². The van der Waals surface area contributed by atoms with Gasteiger partial charge in [-0.15, -0.1) is 0 Å². The average Bonchev–Trinajstić information content (AvgIpc) is 3.62. The summed E-state index contributed by atoms with van der Waals surface area (Å²) in [6.07, 6.45) is 0. The van der Waals surface area contributed by atoms with E-state index in [0.29, 0.717) is 0 Å². The van der Waals surface area contributed by atoms with Crippen molar-refractivity contribution in [2.24, 2.45) is 0 Å². The first-order valence-corrected chi connectivity index (χ1v) is 18.4. The smallest absolute Gasteiger partial charge is 0.143 e. The molecular formula is C52H35NO. The van der Waals surface area contributed by atoms with E-state index in [1.165, 1.54) is 33.0 Å². The minimum atomic E-state index is 0.911. The van der Waals surface area contributed by atoms with Gasteiger partial charge in [0.1, 0.15) is 11.2 Å². The predicted octanol–water partition coefficient (Wildman–Crippen LogP) is 14.9. The van der Waals surface area contributed by atoms with E-state index in [4.69, 9.17) is 4.42 Å². The van der Waals surface area contributed by atoms with Gasteiger partial charge in [0.2, 0.25) is 0 Å². The molecule has 0 N–H and O–H groups in total. The van der Waals surface area contributed by atoms with Gasteiger partial charge in [0.25, 0.3) is 0 Å². The lowest BCUT2D eigenvalue weighted by Gasteiger charge is -2.26. The fourth-order valence-corrected chi connectivity index (χ4v) is 7.76. The average molecular weight is 690 g/mol. The van der Waals surface area contributed by atoms with E-state index >= 15 is 0 Å². The topological polar surface area (TPSA) is 16.4 Å². The maximum absolute atomic E-state index is 6.52. The van der Waals surface area contributed by atoms with Crippen LogP contribution < -0.4 is 4.90 Å². The summed E-state index contributed by atoms with van der Waals surface area (Å²) in [5.41, 5.74) is 14.6. The Hall–Kier alpha value is -7.16. The van der Waals surface area contributed by atoms with Gasteiger partial charge in [-0.2, -0.15) is 0 Å². The SMILES string of the molecule is c1ccc(-c2ccc(N(c3ccc(-c4ccccc4)cc3)c3ccc(-c4ccc(-c5c6ccccc6cc6c5oc5ccccc56)cc4)cc3)cc2)cc1. The molecule has 1 aromatic heterocycles. The van der Waals surface area contributed by atoms with Gasteiger partial charge in [0.05, 0.1) is 0 Å². The Morgan fingerprint density at radius 3 is 1.20 bits per heavy atom. The minimum absolute atomic E-state index is 0.911. The van der Waals surface area contributed by atoms with Crippen molar-refractivity contribution >= 4 is 49.8 Å². The first kappa shape index (κ1) is 31.6. The van der Waals surface area contributed by atoms with E-state index in [1.807, 2.05) is 6.07 Å². The first-order chi connectivity index (χ1) is 26.8. The molecule has 0 atom stereocenters. The number of furan rings is 1. The molecule has 0 bridgehead atoms. The molecule has 10 aromatic rings. The third kappa shape index (κ3) is 5.71. The van der Waals surface area contributed by atoms with E-state index in [2.05, 4.69) is 211 Å². The third-order valence-electron chi connectivity index (χ3n) is 10.5. The summed E-state index contributed by atoms with van der Waals surface area (Å²) in [5, 5.41) is 4.69. The Bertz CT molecular complexity index is 2790. The number of benzene rings is 9. The summed E-state index contributed by atoms with van der Waals surface area (Å²) in [5.74, 6) is 0. The van der Waals surface area contributed by atoms with Crippen LogP contribution in [0.5, 0.6) is 0 Å². The van der Waals surface area contributed by atoms with E-state index in [9.17, 15) is 0 Å². The highest BCUT2D eigenvalue weighted by Gasteiger charge is 2.17. The minimum Gasteiger partial charge on any atom is -0.455 e. The zero-order chi connectivity index (χ0) is 35.8. The number of hydrogen-bond acceptors (Lipinski definition) is 2. The molecule has 0 aliphatic heterocycles. The largest absolute Gasteiger partial charge is 0.455 e. The maximum atomic E-state index is 6.52. The lowest BCUT2D eigenvalue weighted by atomic mass is 9.94. The lowest BCUT2D eigenvalue weighted by Crippen LogP contribution is -2.09. The van der Waals surface area contributed by atoms with Crippen LogP contribution in [0.2, 0.25) is 0 Å². The molecular weight excluding hydrogens is 655 g/mol. The number of nitrogens with zero attached hydrogens (tertiary/aromatic N) is 1. The van der Waals surface area contributed by atoms with Crippen LogP contribution in [0.25, 0.3) is 77.2 Å². The van der Waals surface area contributed by atoms with Crippen LogP contribution in [0, 0.1) is 0 Å². The summed E-state index contributed by atoms with van der Waals surface area (Å²) in [6, 6.07) is 75.7. The Morgan fingerprint density at radius 1 is 0.296 bits per heavy atom. The number of hydrogen-bond donors (Lipinski definition) is 0. The summed E-state index contributed by atoms with van der Waals surface area (Å²) in [4.78, 5) is 2.33. The highest BCUT2D eigenvalue weighted by Crippen LogP contribution is 2.42. The van der Waals surface area contributed by atoms with Crippen LogP contribution in [0.3, 0.4) is 0 Å². The van der Waals surface area contributed by atoms with Crippen molar-refractivity contribution in [3.63, 3.8) is 0 Å². The summed E-state index contributed by atoms with van der Waals surface area (Å²) in [6.45, 7) is 0. The molecule has 0 radical (unpaired) electrons. The van der Waals surface area contributed by atoms with E-state index in [-0.39, 0.29) is 0 Å². The highest BCUT2D eigenvalue weighted by atomic mass is 16.3. The molecule has 0 saturated heterocycles. The fourth-order valence-electron chi connectivity index (χ4n) is 7.76. The van der Waals surface area contributed by atoms with Crippen molar-refractivity contribution in [2.75, 3.05) is 4.90 Å². The molecule has 9 aromatic carbocycles. The van der Waals surface area contributed by atoms with Crippen molar-refractivity contribution in [3.8, 4) is 44.5 Å². The molecule has 0 spiro atoms. The lowest BCUT2D eigenvalue weighted by molar-refractivity contribution is 0.670. The molecule has 54 heavy (non-hydrogen) atoms. The fraction of sp³-hybridized carbons (Fsp3) is 0. The molecule has 2 heteroatoms. The monoisotopic (exact) mass is 689 g/mol. The molecule has 0 amide bonds. The summed E-state index contributed by atoms with van der Waals surface area (Å²) < 4.78 is 6.52. The van der Waals surface area contributed by atoms with Crippen LogP contribution in [0.1, 0.15) is 0 Å². The van der Waals surface area contributed by atoms with Gasteiger partial charge in [0.15, 0.2) is 0 Å². The van der Waals surface area contributed by atoms with Crippen LogP contribution in [0.15, 0.2) is 217 Å². The zero-order valence-corrected chi connectivity index (χ0v) is 29.6. The summed E-state index contributed by atoms with van der Waals surface area (Å²) >= 11 is 0. The number of para-hydroxylation sites is 1. The molecule has 0 unspecified atom stereocenters. The Morgan fingerprint density at radius 2 is 0.685 bits per heavy atom. The number of anilines is 3. The van der Waals surface area contributed by atoms with Crippen molar-refractivity contribution < 1.29 is 4.42 Å². The highest BCUT2D eigenvalue weighted by molar-refractivity contribution is 6.18. The predicted molar refractivity (Wildman–Crippen MR) is 228 cm³/mol. The molecule has 254 valence electrons. The number of rotatable bonds is 7. The van der Waals surface area contributed by atoms with Crippen LogP contribution in [0.4, 0.5) is 17.1 Å². The second kappa shape index (κ2) is 13.4. The second-order valence-corrected chi connectivity index (χ2v) is 13.7. The second-order valence-electron chi connectivity index (χ2n) is 13.7. The van der Waals surface area contributed by atoms with Crippen LogP contribution >= 0.6 is 0 Å². The number of fused-ring (bicyclic) bond motifs is 4. The third-order valence-corrected chi connectivity index (χ3v) is 10.5. The van der Waals surface area contributed by atoms with Crippen LogP contribution in [-0.2, 0) is 0 Å². The Balaban J connectivity index is 1.00. The molecule has 0 aliphatic rings. The molecule has 1 heterocycles.